The Bertz CT molecular complexity index is 1430. The van der Waals surface area contributed by atoms with E-state index in [1.807, 2.05) is 20.9 Å². The van der Waals surface area contributed by atoms with Crippen LogP contribution in [-0.4, -0.2) is 72.5 Å². The first-order chi connectivity index (χ1) is 22.9. The molecule has 5 heteroatoms. The molecule has 5 nitrogen and oxygen atoms in total. The standard InChI is InChI=1S/C43H62N4O/c1-33(15-12-13-25-45(7)42(48)32-46-26-28-47(29-27-46)36(4)43(5,6)44)14-8-10-17-37-20-22-38(23-21-37)30-40-31-39(24-19-34(40)2)41-18-11-9-16-35(41)3/h19-24,31,35,41H,1,4,8-11,14-18,25-30,32,44H2,2-3,5-7H3/t35?,41-/m1/s1. The second kappa shape index (κ2) is 17.9. The van der Waals surface area contributed by atoms with Gasteiger partial charge < -0.3 is 15.5 Å². The van der Waals surface area contributed by atoms with Crippen molar-refractivity contribution in [3.8, 4) is 11.8 Å². The van der Waals surface area contributed by atoms with E-state index in [1.165, 1.54) is 53.5 Å². The van der Waals surface area contributed by atoms with E-state index in [4.69, 9.17) is 5.73 Å². The van der Waals surface area contributed by atoms with Gasteiger partial charge in [0.2, 0.25) is 5.91 Å². The lowest BCUT2D eigenvalue weighted by molar-refractivity contribution is -0.130. The van der Waals surface area contributed by atoms with Crippen molar-refractivity contribution >= 4 is 5.91 Å². The smallest absolute Gasteiger partial charge is 0.237 e. The van der Waals surface area contributed by atoms with Crippen molar-refractivity contribution in [1.82, 2.24) is 14.7 Å². The van der Waals surface area contributed by atoms with Gasteiger partial charge in [-0.15, -0.1) is 0 Å². The number of nitrogens with zero attached hydrogens (tertiary/aromatic N) is 3. The average molecular weight is 651 g/mol. The number of likely N-dealkylation sites (N-methyl/N-ethyl adjacent to an activating group) is 1. The highest BCUT2D eigenvalue weighted by molar-refractivity contribution is 5.78. The highest BCUT2D eigenvalue weighted by atomic mass is 16.2. The summed E-state index contributed by atoms with van der Waals surface area (Å²) in [6.45, 7) is 21.3. The lowest BCUT2D eigenvalue weighted by Gasteiger charge is -2.40. The summed E-state index contributed by atoms with van der Waals surface area (Å²) >= 11 is 0. The molecular weight excluding hydrogens is 589 g/mol. The number of piperazine rings is 1. The molecule has 4 rings (SSSR count). The highest BCUT2D eigenvalue weighted by Gasteiger charge is 2.26. The van der Waals surface area contributed by atoms with Crippen molar-refractivity contribution in [2.45, 2.75) is 103 Å². The molecular formula is C43H62N4O. The minimum absolute atomic E-state index is 0.108. The summed E-state index contributed by atoms with van der Waals surface area (Å²) < 4.78 is 0. The second-order valence-electron chi connectivity index (χ2n) is 15.2. The summed E-state index contributed by atoms with van der Waals surface area (Å²) in [6, 6.07) is 16.5. The normalized spacial score (nSPS) is 18.6. The molecule has 1 aliphatic heterocycles. The fourth-order valence-corrected chi connectivity index (χ4v) is 7.11. The van der Waals surface area contributed by atoms with Gasteiger partial charge in [-0.25, -0.2) is 0 Å². The van der Waals surface area contributed by atoms with Gasteiger partial charge in [-0.1, -0.05) is 99.2 Å². The molecule has 2 N–H and O–H groups in total. The minimum Gasteiger partial charge on any atom is -0.371 e. The average Bonchev–Trinajstić information content (AvgIpc) is 3.06. The summed E-state index contributed by atoms with van der Waals surface area (Å²) in [6.07, 6.45) is 11.5. The topological polar surface area (TPSA) is 52.8 Å². The van der Waals surface area contributed by atoms with Crippen LogP contribution in [0.5, 0.6) is 0 Å². The predicted octanol–water partition coefficient (Wildman–Crippen LogP) is 7.87. The number of rotatable bonds is 14. The molecule has 1 heterocycles. The molecule has 1 unspecified atom stereocenters. The van der Waals surface area contributed by atoms with Crippen LogP contribution in [0.4, 0.5) is 0 Å². The summed E-state index contributed by atoms with van der Waals surface area (Å²) in [5.74, 6) is 8.04. The van der Waals surface area contributed by atoms with Crippen molar-refractivity contribution in [2.75, 3.05) is 46.3 Å². The third-order valence-corrected chi connectivity index (χ3v) is 10.6. The van der Waals surface area contributed by atoms with E-state index in [0.29, 0.717) is 19.5 Å². The van der Waals surface area contributed by atoms with Gasteiger partial charge >= 0.3 is 0 Å². The number of carbonyl (C=O) groups is 1. The van der Waals surface area contributed by atoms with Crippen molar-refractivity contribution in [1.29, 1.82) is 0 Å². The molecule has 1 aliphatic carbocycles. The molecule has 2 aromatic carbocycles. The zero-order chi connectivity index (χ0) is 34.7. The number of allylic oxidation sites excluding steroid dienone is 1. The molecule has 2 atom stereocenters. The van der Waals surface area contributed by atoms with Crippen molar-refractivity contribution in [2.24, 2.45) is 11.7 Å². The van der Waals surface area contributed by atoms with Crippen LogP contribution in [-0.2, 0) is 17.6 Å². The first-order valence-electron chi connectivity index (χ1n) is 18.4. The Balaban J connectivity index is 1.10. The van der Waals surface area contributed by atoms with Crippen LogP contribution in [0.3, 0.4) is 0 Å². The lowest BCUT2D eigenvalue weighted by Crippen LogP contribution is -2.52. The Hall–Kier alpha value is -3.33. The summed E-state index contributed by atoms with van der Waals surface area (Å²) in [7, 11) is 1.84. The predicted molar refractivity (Wildman–Crippen MR) is 203 cm³/mol. The van der Waals surface area contributed by atoms with Gasteiger partial charge in [-0.05, 0) is 98.9 Å². The zero-order valence-corrected chi connectivity index (χ0v) is 30.8. The van der Waals surface area contributed by atoms with Gasteiger partial charge in [0.1, 0.15) is 0 Å². The number of aryl methyl sites for hydroxylation is 2. The van der Waals surface area contributed by atoms with Crippen molar-refractivity contribution in [3.63, 3.8) is 0 Å². The Labute approximate surface area is 292 Å². The van der Waals surface area contributed by atoms with Crippen molar-refractivity contribution in [3.05, 3.63) is 94.7 Å². The summed E-state index contributed by atoms with van der Waals surface area (Å²) in [4.78, 5) is 18.9. The van der Waals surface area contributed by atoms with E-state index in [-0.39, 0.29) is 5.91 Å². The first kappa shape index (κ1) is 37.5. The van der Waals surface area contributed by atoms with Crippen LogP contribution in [0.15, 0.2) is 66.9 Å². The largest absolute Gasteiger partial charge is 0.371 e. The maximum atomic E-state index is 12.7. The number of nitrogens with two attached hydrogens (primary N) is 1. The van der Waals surface area contributed by atoms with Crippen LogP contribution < -0.4 is 5.73 Å². The van der Waals surface area contributed by atoms with E-state index in [0.717, 1.165) is 75.8 Å². The molecule has 2 fully saturated rings. The molecule has 1 saturated carbocycles. The van der Waals surface area contributed by atoms with E-state index in [1.54, 1.807) is 10.5 Å². The van der Waals surface area contributed by atoms with Gasteiger partial charge in [0.15, 0.2) is 0 Å². The molecule has 0 aromatic heterocycles. The maximum absolute atomic E-state index is 12.7. The van der Waals surface area contributed by atoms with E-state index in [2.05, 4.69) is 91.1 Å². The van der Waals surface area contributed by atoms with Gasteiger partial charge in [0, 0.05) is 50.9 Å². The highest BCUT2D eigenvalue weighted by Crippen LogP contribution is 2.38. The van der Waals surface area contributed by atoms with Crippen LogP contribution in [0, 0.1) is 24.7 Å². The molecule has 2 aromatic rings. The monoisotopic (exact) mass is 650 g/mol. The van der Waals surface area contributed by atoms with Crippen LogP contribution in [0.2, 0.25) is 0 Å². The maximum Gasteiger partial charge on any atom is 0.237 e. The Morgan fingerprint density at radius 2 is 1.67 bits per heavy atom. The third-order valence-electron chi connectivity index (χ3n) is 10.6. The number of hydrogen-bond donors (Lipinski definition) is 1. The Morgan fingerprint density at radius 3 is 2.35 bits per heavy atom. The van der Waals surface area contributed by atoms with Crippen molar-refractivity contribution < 1.29 is 4.79 Å². The van der Waals surface area contributed by atoms with Crippen LogP contribution >= 0.6 is 0 Å². The fourth-order valence-electron chi connectivity index (χ4n) is 7.11. The number of carbonyl (C=O) groups excluding carboxylic acids is 1. The van der Waals surface area contributed by atoms with E-state index in [9.17, 15) is 4.79 Å². The Morgan fingerprint density at radius 1 is 0.979 bits per heavy atom. The molecule has 48 heavy (non-hydrogen) atoms. The number of benzene rings is 2. The molecule has 0 spiro atoms. The third kappa shape index (κ3) is 11.4. The van der Waals surface area contributed by atoms with E-state index >= 15 is 0 Å². The van der Waals surface area contributed by atoms with Gasteiger partial charge in [-0.3, -0.25) is 9.69 Å². The molecule has 1 amide bonds. The molecule has 0 radical (unpaired) electrons. The van der Waals surface area contributed by atoms with Gasteiger partial charge in [0.25, 0.3) is 0 Å². The number of unbranched alkanes of at least 4 members (excludes halogenated alkanes) is 1. The van der Waals surface area contributed by atoms with Gasteiger partial charge in [0.05, 0.1) is 13.1 Å². The second-order valence-corrected chi connectivity index (χ2v) is 15.2. The minimum atomic E-state index is -0.421. The number of amides is 1. The lowest BCUT2D eigenvalue weighted by atomic mass is 9.76. The molecule has 1 saturated heterocycles. The zero-order valence-electron chi connectivity index (χ0n) is 30.8. The Kier molecular flexibility index (Phi) is 14.0. The summed E-state index contributed by atoms with van der Waals surface area (Å²) in [5, 5.41) is 0. The quantitative estimate of drug-likeness (QED) is 0.129. The number of hydrogen-bond acceptors (Lipinski definition) is 4. The first-order valence-corrected chi connectivity index (χ1v) is 18.4. The molecule has 0 bridgehead atoms. The summed E-state index contributed by atoms with van der Waals surface area (Å²) in [5.41, 5.74) is 15.1. The van der Waals surface area contributed by atoms with E-state index < -0.39 is 5.54 Å². The molecule has 260 valence electrons. The van der Waals surface area contributed by atoms with Crippen LogP contribution in [0.25, 0.3) is 0 Å². The fraction of sp³-hybridized carbons (Fsp3) is 0.558. The SMILES string of the molecule is C=C(CC#CCN(C)C(=O)CN1CCN(C(=C)C(C)(C)N)CC1)CCCCc1ccc(Cc2cc([C@@H]3CCCCC3C)ccc2C)cc1. The van der Waals surface area contributed by atoms with Gasteiger partial charge in [-0.2, -0.15) is 0 Å². The molecule has 2 aliphatic rings. The van der Waals surface area contributed by atoms with Crippen LogP contribution in [0.1, 0.15) is 106 Å².